The van der Waals surface area contributed by atoms with E-state index in [0.29, 0.717) is 11.5 Å². The number of carbonyl (C=O) groups is 2. The monoisotopic (exact) mass is 643 g/mol. The molecule has 6 rings (SSSR count). The van der Waals surface area contributed by atoms with E-state index < -0.39 is 23.7 Å². The van der Waals surface area contributed by atoms with E-state index in [2.05, 4.69) is 12.1 Å². The Morgan fingerprint density at radius 1 is 0.688 bits per heavy atom. The van der Waals surface area contributed by atoms with Crippen LogP contribution >= 0.6 is 0 Å². The van der Waals surface area contributed by atoms with Gasteiger partial charge in [-0.25, -0.2) is 9.59 Å². The Bertz CT molecular complexity index is 1780. The third-order valence-corrected chi connectivity index (χ3v) is 9.01. The summed E-state index contributed by atoms with van der Waals surface area (Å²) in [4.78, 5) is 27.4. The molecule has 5 aromatic rings. The summed E-state index contributed by atoms with van der Waals surface area (Å²) in [6, 6.07) is 39.2. The fourth-order valence-electron chi connectivity index (χ4n) is 6.45. The number of fused-ring (bicyclic) bond motifs is 3. The number of carboxylic acid groups (broad SMARTS) is 1. The number of carbonyl (C=O) groups excluding carboxylic acids is 1. The minimum atomic E-state index is -1.36. The van der Waals surface area contributed by atoms with Gasteiger partial charge in [-0.05, 0) is 63.2 Å². The highest BCUT2D eigenvalue weighted by Crippen LogP contribution is 2.45. The molecule has 0 bridgehead atoms. The van der Waals surface area contributed by atoms with Crippen molar-refractivity contribution >= 4 is 12.1 Å². The van der Waals surface area contributed by atoms with Crippen molar-refractivity contribution < 1.29 is 33.6 Å². The largest absolute Gasteiger partial charge is 0.497 e. The van der Waals surface area contributed by atoms with Gasteiger partial charge in [-0.3, -0.25) is 4.90 Å². The molecule has 0 fully saturated rings. The molecule has 8 nitrogen and oxygen atoms in total. The number of nitrogens with zero attached hydrogens (tertiary/aromatic N) is 1. The molecule has 48 heavy (non-hydrogen) atoms. The third-order valence-electron chi connectivity index (χ3n) is 9.01. The van der Waals surface area contributed by atoms with Gasteiger partial charge in [0.15, 0.2) is 6.04 Å². The first-order valence-corrected chi connectivity index (χ1v) is 15.7. The number of aliphatic carboxylic acids is 1. The van der Waals surface area contributed by atoms with Gasteiger partial charge in [0.25, 0.3) is 0 Å². The van der Waals surface area contributed by atoms with Crippen molar-refractivity contribution in [2.45, 2.75) is 17.6 Å². The van der Waals surface area contributed by atoms with Crippen molar-refractivity contribution in [1.82, 2.24) is 4.90 Å². The Morgan fingerprint density at radius 2 is 1.15 bits per heavy atom. The van der Waals surface area contributed by atoms with Crippen LogP contribution in [0.15, 0.2) is 127 Å². The summed E-state index contributed by atoms with van der Waals surface area (Å²) < 4.78 is 23.4. The molecule has 5 aromatic carbocycles. The molecule has 0 radical (unpaired) electrons. The zero-order valence-corrected chi connectivity index (χ0v) is 27.0. The maximum absolute atomic E-state index is 13.5. The van der Waals surface area contributed by atoms with Crippen LogP contribution in [0.4, 0.5) is 4.79 Å². The van der Waals surface area contributed by atoms with Gasteiger partial charge < -0.3 is 24.1 Å². The van der Waals surface area contributed by atoms with Crippen molar-refractivity contribution in [1.29, 1.82) is 0 Å². The minimum Gasteiger partial charge on any atom is -0.497 e. The van der Waals surface area contributed by atoms with E-state index in [4.69, 9.17) is 18.9 Å². The second kappa shape index (κ2) is 14.0. The molecule has 1 N–H and O–H groups in total. The Balaban J connectivity index is 1.29. The molecular formula is C40H37NO7. The van der Waals surface area contributed by atoms with Crippen molar-refractivity contribution in [2.75, 3.05) is 34.5 Å². The predicted molar refractivity (Wildman–Crippen MR) is 183 cm³/mol. The van der Waals surface area contributed by atoms with E-state index in [-0.39, 0.29) is 19.1 Å². The van der Waals surface area contributed by atoms with Gasteiger partial charge in [0, 0.05) is 13.0 Å². The van der Waals surface area contributed by atoms with E-state index >= 15 is 0 Å². The summed E-state index contributed by atoms with van der Waals surface area (Å²) in [5.74, 6) is -0.0646. The SMILES string of the molecule is COc1ccc(C(OCC(C(=O)O)N(C)C(=O)OCC2c3ccccc3-c3ccccc32)(c2ccccc2)c2ccc(OC)cc2)cc1. The van der Waals surface area contributed by atoms with Crippen LogP contribution < -0.4 is 9.47 Å². The van der Waals surface area contributed by atoms with E-state index in [1.54, 1.807) is 14.2 Å². The smallest absolute Gasteiger partial charge is 0.410 e. The van der Waals surface area contributed by atoms with Crippen molar-refractivity contribution in [3.63, 3.8) is 0 Å². The molecule has 1 atom stereocenters. The lowest BCUT2D eigenvalue weighted by Gasteiger charge is -2.37. The van der Waals surface area contributed by atoms with E-state index in [0.717, 1.165) is 43.8 Å². The average molecular weight is 644 g/mol. The first-order chi connectivity index (χ1) is 23.4. The number of methoxy groups -OCH3 is 2. The Morgan fingerprint density at radius 3 is 1.62 bits per heavy atom. The Labute approximate surface area is 280 Å². The number of amides is 1. The number of rotatable bonds is 12. The molecule has 1 amide bonds. The summed E-state index contributed by atoms with van der Waals surface area (Å²) in [6.07, 6.45) is -0.757. The number of ether oxygens (including phenoxy) is 4. The summed E-state index contributed by atoms with van der Waals surface area (Å²) >= 11 is 0. The molecule has 244 valence electrons. The fourth-order valence-corrected chi connectivity index (χ4v) is 6.45. The lowest BCUT2D eigenvalue weighted by Crippen LogP contribution is -2.48. The number of hydrogen-bond acceptors (Lipinski definition) is 6. The average Bonchev–Trinajstić information content (AvgIpc) is 3.46. The van der Waals surface area contributed by atoms with E-state index in [1.807, 2.05) is 115 Å². The highest BCUT2D eigenvalue weighted by Gasteiger charge is 2.41. The van der Waals surface area contributed by atoms with Crippen LogP contribution in [0.1, 0.15) is 33.7 Å². The predicted octanol–water partition coefficient (Wildman–Crippen LogP) is 7.35. The van der Waals surface area contributed by atoms with Crippen LogP contribution in [-0.4, -0.2) is 62.6 Å². The van der Waals surface area contributed by atoms with Gasteiger partial charge in [0.05, 0.1) is 20.8 Å². The zero-order valence-electron chi connectivity index (χ0n) is 27.0. The van der Waals surface area contributed by atoms with Crippen LogP contribution in [0.5, 0.6) is 11.5 Å². The van der Waals surface area contributed by atoms with Gasteiger partial charge in [0.2, 0.25) is 0 Å². The molecule has 1 aliphatic rings. The number of hydrogen-bond donors (Lipinski definition) is 1. The highest BCUT2D eigenvalue weighted by atomic mass is 16.6. The molecule has 1 aliphatic carbocycles. The fraction of sp³-hybridized carbons (Fsp3) is 0.200. The van der Waals surface area contributed by atoms with Crippen LogP contribution in [0.2, 0.25) is 0 Å². The van der Waals surface area contributed by atoms with Crippen LogP contribution in [0.3, 0.4) is 0 Å². The molecule has 0 aromatic heterocycles. The lowest BCUT2D eigenvalue weighted by molar-refractivity contribution is -0.146. The molecule has 0 saturated carbocycles. The highest BCUT2D eigenvalue weighted by molar-refractivity contribution is 5.81. The van der Waals surface area contributed by atoms with Crippen LogP contribution in [0.25, 0.3) is 11.1 Å². The van der Waals surface area contributed by atoms with Gasteiger partial charge in [-0.15, -0.1) is 0 Å². The maximum Gasteiger partial charge on any atom is 0.410 e. The first kappa shape index (κ1) is 32.3. The number of benzene rings is 5. The molecular weight excluding hydrogens is 606 g/mol. The van der Waals surface area contributed by atoms with Crippen LogP contribution in [0, 0.1) is 0 Å². The van der Waals surface area contributed by atoms with E-state index in [1.165, 1.54) is 7.05 Å². The molecule has 0 saturated heterocycles. The minimum absolute atomic E-state index is 0.0655. The topological polar surface area (TPSA) is 94.5 Å². The standard InChI is InChI=1S/C40H37NO7/c1-41(39(44)47-25-36-34-15-9-7-13-32(34)33-14-8-10-16-35(33)36)37(38(42)43)26-48-40(27-11-5-4-6-12-27,28-17-21-30(45-2)22-18-28)29-19-23-31(46-3)24-20-29/h4-24,36-37H,25-26H2,1-3H3,(H,42,43). The molecule has 1 unspecified atom stereocenters. The molecule has 0 aliphatic heterocycles. The summed E-state index contributed by atoms with van der Waals surface area (Å²) in [5, 5.41) is 10.4. The molecule has 0 spiro atoms. The molecule has 8 heteroatoms. The lowest BCUT2D eigenvalue weighted by atomic mass is 9.80. The number of likely N-dealkylation sites (N-methyl/N-ethyl adjacent to an activating group) is 1. The third kappa shape index (κ3) is 6.10. The van der Waals surface area contributed by atoms with Gasteiger partial charge in [-0.2, -0.15) is 0 Å². The van der Waals surface area contributed by atoms with Crippen molar-refractivity contribution in [3.8, 4) is 22.6 Å². The van der Waals surface area contributed by atoms with Crippen molar-refractivity contribution in [2.24, 2.45) is 0 Å². The Hall–Kier alpha value is -5.60. The maximum atomic E-state index is 13.5. The number of carboxylic acids is 1. The van der Waals surface area contributed by atoms with Crippen LogP contribution in [-0.2, 0) is 19.9 Å². The second-order valence-electron chi connectivity index (χ2n) is 11.6. The molecule has 0 heterocycles. The normalized spacial score (nSPS) is 12.8. The van der Waals surface area contributed by atoms with Gasteiger partial charge in [0.1, 0.15) is 23.7 Å². The zero-order chi connectivity index (χ0) is 33.7. The summed E-state index contributed by atoms with van der Waals surface area (Å²) in [6.45, 7) is -0.279. The summed E-state index contributed by atoms with van der Waals surface area (Å²) in [5.41, 5.74) is 5.35. The first-order valence-electron chi connectivity index (χ1n) is 15.7. The van der Waals surface area contributed by atoms with Gasteiger partial charge in [-0.1, -0.05) is 103 Å². The Kier molecular flexibility index (Phi) is 9.45. The van der Waals surface area contributed by atoms with Gasteiger partial charge >= 0.3 is 12.1 Å². The summed E-state index contributed by atoms with van der Waals surface area (Å²) in [7, 11) is 4.61. The quantitative estimate of drug-likeness (QED) is 0.142. The van der Waals surface area contributed by atoms with Crippen molar-refractivity contribution in [3.05, 3.63) is 155 Å². The van der Waals surface area contributed by atoms with E-state index in [9.17, 15) is 14.7 Å². The second-order valence-corrected chi connectivity index (χ2v) is 11.6.